The van der Waals surface area contributed by atoms with E-state index >= 15 is 0 Å². The molecule has 5 heteroatoms. The van der Waals surface area contributed by atoms with E-state index in [1.165, 1.54) is 128 Å². The maximum Gasteiger partial charge on any atom is 0.134 e. The molecule has 190 valence electrons. The number of pyridine rings is 1. The number of nitrogens with two attached hydrogens (primary N) is 2. The predicted octanol–water partition coefficient (Wildman–Crippen LogP) is 7.79. The van der Waals surface area contributed by atoms with E-state index in [0.717, 1.165) is 28.5 Å². The first-order chi connectivity index (χ1) is 16.7. The summed E-state index contributed by atoms with van der Waals surface area (Å²) in [4.78, 5) is 4.80. The summed E-state index contributed by atoms with van der Waals surface area (Å²) in [6.45, 7) is 0. The van der Waals surface area contributed by atoms with Crippen LogP contribution in [0.1, 0.15) is 128 Å². The van der Waals surface area contributed by atoms with Gasteiger partial charge in [-0.25, -0.2) is 4.98 Å². The molecule has 0 saturated heterocycles. The van der Waals surface area contributed by atoms with Crippen LogP contribution < -0.4 is 22.1 Å². The van der Waals surface area contributed by atoms with Gasteiger partial charge in [-0.2, -0.15) is 0 Å². The number of anilines is 2. The van der Waals surface area contributed by atoms with Crippen LogP contribution in [0.15, 0.2) is 6.07 Å². The fourth-order valence-corrected chi connectivity index (χ4v) is 16.2. The SMILES string of the molecule is Nc1cc(P(C2CCCCC2)C2CCCCC2)c(P(C2CCCCC2)C2CCCCC2)c(N)n1. The highest BCUT2D eigenvalue weighted by atomic mass is 31.1. The summed E-state index contributed by atoms with van der Waals surface area (Å²) in [7, 11) is -0.451. The summed E-state index contributed by atoms with van der Waals surface area (Å²) >= 11 is 0. The van der Waals surface area contributed by atoms with E-state index in [0.29, 0.717) is 5.82 Å². The van der Waals surface area contributed by atoms with Crippen molar-refractivity contribution in [3.8, 4) is 0 Å². The Bertz CT molecular complexity index is 740. The number of nitrogens with zero attached hydrogens (tertiary/aromatic N) is 1. The van der Waals surface area contributed by atoms with Crippen molar-refractivity contribution in [2.75, 3.05) is 11.5 Å². The molecular formula is C29H49N3P2. The molecule has 3 nitrogen and oxygen atoms in total. The molecule has 1 aromatic rings. The fourth-order valence-electron chi connectivity index (χ4n) is 7.82. The predicted molar refractivity (Wildman–Crippen MR) is 154 cm³/mol. The zero-order chi connectivity index (χ0) is 23.3. The highest BCUT2D eigenvalue weighted by Crippen LogP contribution is 2.60. The van der Waals surface area contributed by atoms with Crippen molar-refractivity contribution < 1.29 is 0 Å². The molecule has 1 aromatic heterocycles. The van der Waals surface area contributed by atoms with Gasteiger partial charge in [-0.05, 0) is 85.4 Å². The zero-order valence-electron chi connectivity index (χ0n) is 21.5. The van der Waals surface area contributed by atoms with Crippen molar-refractivity contribution in [3.63, 3.8) is 0 Å². The highest BCUT2D eigenvalue weighted by molar-refractivity contribution is 7.73. The van der Waals surface area contributed by atoms with Gasteiger partial charge in [-0.3, -0.25) is 0 Å². The van der Waals surface area contributed by atoms with Crippen molar-refractivity contribution in [3.05, 3.63) is 6.07 Å². The van der Waals surface area contributed by atoms with E-state index in [4.69, 9.17) is 16.5 Å². The second-order valence-corrected chi connectivity index (χ2v) is 17.3. The second kappa shape index (κ2) is 12.2. The highest BCUT2D eigenvalue weighted by Gasteiger charge is 2.40. The molecule has 0 spiro atoms. The molecule has 1 heterocycles. The van der Waals surface area contributed by atoms with Crippen LogP contribution in [0.5, 0.6) is 0 Å². The van der Waals surface area contributed by atoms with E-state index in [1.807, 2.05) is 0 Å². The van der Waals surface area contributed by atoms with Crippen LogP contribution in [0.25, 0.3) is 0 Å². The molecule has 0 aliphatic heterocycles. The van der Waals surface area contributed by atoms with E-state index in [-0.39, 0.29) is 15.8 Å². The van der Waals surface area contributed by atoms with Gasteiger partial charge >= 0.3 is 0 Å². The summed E-state index contributed by atoms with van der Waals surface area (Å²) in [5.41, 5.74) is 17.0. The number of rotatable bonds is 6. The first-order valence-electron chi connectivity index (χ1n) is 14.8. The zero-order valence-corrected chi connectivity index (χ0v) is 23.3. The van der Waals surface area contributed by atoms with Gasteiger partial charge in [0.2, 0.25) is 0 Å². The Morgan fingerprint density at radius 3 is 1.26 bits per heavy atom. The van der Waals surface area contributed by atoms with Gasteiger partial charge in [0.1, 0.15) is 11.6 Å². The summed E-state index contributed by atoms with van der Waals surface area (Å²) in [5.74, 6) is 1.54. The monoisotopic (exact) mass is 501 g/mol. The van der Waals surface area contributed by atoms with Gasteiger partial charge in [-0.1, -0.05) is 92.9 Å². The van der Waals surface area contributed by atoms with Crippen LogP contribution in [-0.4, -0.2) is 27.6 Å². The van der Waals surface area contributed by atoms with Crippen LogP contribution in [0.3, 0.4) is 0 Å². The Kier molecular flexibility index (Phi) is 9.09. The summed E-state index contributed by atoms with van der Waals surface area (Å²) in [6.07, 6.45) is 28.6. The Morgan fingerprint density at radius 2 is 0.882 bits per heavy atom. The molecule has 4 fully saturated rings. The van der Waals surface area contributed by atoms with E-state index in [9.17, 15) is 0 Å². The first-order valence-corrected chi connectivity index (χ1v) is 17.8. The van der Waals surface area contributed by atoms with Crippen LogP contribution in [0, 0.1) is 0 Å². The van der Waals surface area contributed by atoms with Crippen LogP contribution >= 0.6 is 15.8 Å². The lowest BCUT2D eigenvalue weighted by Gasteiger charge is -2.44. The molecule has 0 radical (unpaired) electrons. The standard InChI is InChI=1S/C29H49N3P2/c30-27-21-26(33(22-13-5-1-6-14-22)23-15-7-2-8-16-23)28(29(31)32-27)34(24-17-9-3-10-18-24)25-19-11-4-12-20-25/h21-25H,1-20H2,(H4,30,31,32). The van der Waals surface area contributed by atoms with Crippen LogP contribution in [-0.2, 0) is 0 Å². The number of hydrogen-bond acceptors (Lipinski definition) is 3. The minimum atomic E-state index is -0.247. The molecule has 4 saturated carbocycles. The van der Waals surface area contributed by atoms with Crippen molar-refractivity contribution in [2.45, 2.75) is 151 Å². The minimum absolute atomic E-state index is 0.204. The average Bonchev–Trinajstić information content (AvgIpc) is 2.88. The molecule has 4 N–H and O–H groups in total. The normalized spacial score (nSPS) is 24.8. The molecule has 5 rings (SSSR count). The van der Waals surface area contributed by atoms with E-state index in [2.05, 4.69) is 6.07 Å². The quantitative estimate of drug-likeness (QED) is 0.391. The van der Waals surface area contributed by atoms with Crippen molar-refractivity contribution >= 4 is 38.1 Å². The van der Waals surface area contributed by atoms with Crippen molar-refractivity contribution in [2.24, 2.45) is 0 Å². The Morgan fingerprint density at radius 1 is 0.529 bits per heavy atom. The molecule has 0 unspecified atom stereocenters. The molecule has 0 atom stereocenters. The summed E-state index contributed by atoms with van der Waals surface area (Å²) < 4.78 is 0. The van der Waals surface area contributed by atoms with Gasteiger partial charge in [-0.15, -0.1) is 0 Å². The molecule has 4 aliphatic rings. The fraction of sp³-hybridized carbons (Fsp3) is 0.828. The minimum Gasteiger partial charge on any atom is -0.384 e. The van der Waals surface area contributed by atoms with Gasteiger partial charge in [0, 0.05) is 5.30 Å². The maximum absolute atomic E-state index is 6.97. The van der Waals surface area contributed by atoms with Crippen molar-refractivity contribution in [1.82, 2.24) is 4.98 Å². The van der Waals surface area contributed by atoms with Crippen molar-refractivity contribution in [1.29, 1.82) is 0 Å². The Labute approximate surface area is 211 Å². The van der Waals surface area contributed by atoms with E-state index < -0.39 is 0 Å². The third-order valence-electron chi connectivity index (χ3n) is 9.43. The third-order valence-corrected chi connectivity index (χ3v) is 16.7. The third kappa shape index (κ3) is 5.78. The molecular weight excluding hydrogens is 452 g/mol. The Hall–Kier alpha value is -0.390. The number of hydrogen-bond donors (Lipinski definition) is 2. The van der Waals surface area contributed by atoms with Gasteiger partial charge in [0.15, 0.2) is 0 Å². The molecule has 4 aliphatic carbocycles. The summed E-state index contributed by atoms with van der Waals surface area (Å²) in [6, 6.07) is 2.38. The topological polar surface area (TPSA) is 64.9 Å². The second-order valence-electron chi connectivity index (χ2n) is 11.8. The molecule has 0 amide bonds. The smallest absolute Gasteiger partial charge is 0.134 e. The van der Waals surface area contributed by atoms with Gasteiger partial charge < -0.3 is 11.5 Å². The number of aromatic nitrogens is 1. The Balaban J connectivity index is 1.60. The lowest BCUT2D eigenvalue weighted by atomic mass is 9.99. The van der Waals surface area contributed by atoms with Gasteiger partial charge in [0.05, 0.1) is 0 Å². The first kappa shape index (κ1) is 25.3. The average molecular weight is 502 g/mol. The lowest BCUT2D eigenvalue weighted by molar-refractivity contribution is 0.486. The largest absolute Gasteiger partial charge is 0.384 e. The molecule has 0 aromatic carbocycles. The summed E-state index contributed by atoms with van der Waals surface area (Å²) in [5, 5.41) is 3.26. The number of nitrogen functional groups attached to an aromatic ring is 2. The van der Waals surface area contributed by atoms with Crippen LogP contribution in [0.2, 0.25) is 0 Å². The molecule has 34 heavy (non-hydrogen) atoms. The molecule has 0 bridgehead atoms. The van der Waals surface area contributed by atoms with Gasteiger partial charge in [0.25, 0.3) is 0 Å². The lowest BCUT2D eigenvalue weighted by Crippen LogP contribution is -2.39. The van der Waals surface area contributed by atoms with Crippen LogP contribution in [0.4, 0.5) is 11.6 Å². The van der Waals surface area contributed by atoms with E-state index in [1.54, 1.807) is 10.6 Å². The maximum atomic E-state index is 6.97.